The molecule has 55 nitrogen and oxygen atoms in total. The minimum atomic E-state index is -2.07. The predicted octanol–water partition coefficient (Wildman–Crippen LogP) is -14.6. The molecule has 0 bridgehead atoms. The number of rotatable bonds is 66. The molecule has 1 aromatic rings. The van der Waals surface area contributed by atoms with Crippen LogP contribution in [0.15, 0.2) is 24.3 Å². The average molecular weight is 1950 g/mol. The first-order valence-corrected chi connectivity index (χ1v) is 43.7. The van der Waals surface area contributed by atoms with E-state index in [4.69, 9.17) is 27.4 Å². The second-order valence-corrected chi connectivity index (χ2v) is 32.9. The summed E-state index contributed by atoms with van der Waals surface area (Å²) >= 11 is 1.17. The number of unbranched alkanes of at least 4 members (excludes halogenated alkanes) is 1. The maximum Gasteiger partial charge on any atom is 0.326 e. The van der Waals surface area contributed by atoms with Gasteiger partial charge in [-0.1, -0.05) is 39.8 Å². The van der Waals surface area contributed by atoms with Crippen LogP contribution >= 0.6 is 11.8 Å². The highest BCUT2D eigenvalue weighted by Crippen LogP contribution is 2.16. The third-order valence-electron chi connectivity index (χ3n) is 19.6. The van der Waals surface area contributed by atoms with E-state index in [1.54, 1.807) is 34.0 Å². The van der Waals surface area contributed by atoms with Crippen molar-refractivity contribution in [2.45, 2.75) is 253 Å². The van der Waals surface area contributed by atoms with Gasteiger partial charge in [-0.05, 0) is 120 Å². The third-order valence-corrected chi connectivity index (χ3v) is 20.2. The second-order valence-electron chi connectivity index (χ2n) is 31.9. The van der Waals surface area contributed by atoms with Crippen LogP contribution < -0.4 is 108 Å². The van der Waals surface area contributed by atoms with Crippen LogP contribution in [0.25, 0.3) is 0 Å². The zero-order chi connectivity index (χ0) is 103. The lowest BCUT2D eigenvalue weighted by Crippen LogP contribution is -2.63. The lowest BCUT2D eigenvalue weighted by atomic mass is 10.0. The summed E-state index contributed by atoms with van der Waals surface area (Å²) in [5, 5.41) is 167. The minimum absolute atomic E-state index is 0.0990. The zero-order valence-electron chi connectivity index (χ0n) is 75.3. The molecule has 0 saturated carbocycles. The molecule has 20 atom stereocenters. The number of benzene rings is 1. The maximum absolute atomic E-state index is 14.6. The molecule has 0 fully saturated rings. The first kappa shape index (κ1) is 120. The number of carboxylic acids is 4. The number of hydrogen-bond acceptors (Lipinski definition) is 34. The van der Waals surface area contributed by atoms with E-state index in [0.717, 1.165) is 20.8 Å². The van der Waals surface area contributed by atoms with Gasteiger partial charge in [-0.15, -0.1) is 0 Å². The van der Waals surface area contributed by atoms with Crippen LogP contribution in [0.1, 0.15) is 131 Å². The zero-order valence-corrected chi connectivity index (χ0v) is 76.1. The maximum atomic E-state index is 14.6. The van der Waals surface area contributed by atoms with Crippen LogP contribution in [0.3, 0.4) is 0 Å². The van der Waals surface area contributed by atoms with E-state index in [1.807, 2.05) is 26.6 Å². The summed E-state index contributed by atoms with van der Waals surface area (Å²) in [6.45, 7) is 2.07. The Balaban J connectivity index is 3.53. The quantitative estimate of drug-likeness (QED) is 0.0269. The van der Waals surface area contributed by atoms with Crippen molar-refractivity contribution in [1.82, 2.24) is 90.4 Å². The fraction of sp³-hybridized carbons (Fsp3) is 0.646. The van der Waals surface area contributed by atoms with Crippen LogP contribution in [0.5, 0.6) is 5.75 Å². The van der Waals surface area contributed by atoms with Gasteiger partial charge >= 0.3 is 23.9 Å². The Kier molecular flexibility index (Phi) is 55.2. The molecule has 0 aliphatic carbocycles. The van der Waals surface area contributed by atoms with Gasteiger partial charge < -0.3 is 174 Å². The number of nitrogens with one attached hydrogen (secondary N) is 17. The number of amides is 18. The monoisotopic (exact) mass is 1950 g/mol. The molecule has 760 valence electrons. The number of phenols is 1. The van der Waals surface area contributed by atoms with Crippen molar-refractivity contribution in [2.24, 2.45) is 29.0 Å². The summed E-state index contributed by atoms with van der Waals surface area (Å²) in [5.74, 6) is -30.1. The lowest BCUT2D eigenvalue weighted by molar-refractivity contribution is -0.147. The Morgan fingerprint density at radius 3 is 0.970 bits per heavy atom. The fourth-order valence-corrected chi connectivity index (χ4v) is 12.7. The molecule has 0 heterocycles. The molecule has 1 aromatic carbocycles. The molecule has 0 unspecified atom stereocenters. The number of thioether (sulfide) groups is 1. The summed E-state index contributed by atoms with van der Waals surface area (Å²) < 4.78 is 0. The average Bonchev–Trinajstić information content (AvgIpc) is 0.867. The number of aromatic hydroxyl groups is 1. The van der Waals surface area contributed by atoms with Crippen LogP contribution in [-0.2, 0) is 112 Å². The van der Waals surface area contributed by atoms with Gasteiger partial charge in [-0.25, -0.2) is 4.79 Å². The van der Waals surface area contributed by atoms with Gasteiger partial charge in [-0.2, -0.15) is 11.8 Å². The Morgan fingerprint density at radius 1 is 0.333 bits per heavy atom. The molecule has 56 heteroatoms. The topological polar surface area (TPSA) is 921 Å². The van der Waals surface area contributed by atoms with Gasteiger partial charge in [0.2, 0.25) is 106 Å². The van der Waals surface area contributed by atoms with E-state index >= 15 is 0 Å². The number of hydrogen-bond donors (Lipinski definition) is 33. The van der Waals surface area contributed by atoms with Gasteiger partial charge in [0.25, 0.3) is 0 Å². The van der Waals surface area contributed by atoms with Crippen LogP contribution in [0.2, 0.25) is 0 Å². The first-order chi connectivity index (χ1) is 63.3. The Hall–Kier alpha value is -12.7. The second kappa shape index (κ2) is 62.0. The molecule has 1 rings (SSSR count). The number of aliphatic hydroxyl groups excluding tert-OH is 8. The Labute approximate surface area is 776 Å². The number of carbonyl (C=O) groups excluding carboxylic acids is 18. The van der Waals surface area contributed by atoms with Crippen molar-refractivity contribution in [3.05, 3.63) is 29.8 Å². The largest absolute Gasteiger partial charge is 0.508 e. The van der Waals surface area contributed by atoms with Crippen LogP contribution in [0.4, 0.5) is 0 Å². The molecule has 0 aliphatic heterocycles. The highest BCUT2D eigenvalue weighted by molar-refractivity contribution is 7.98. The van der Waals surface area contributed by atoms with Crippen LogP contribution in [-0.4, -0.2) is 376 Å². The number of phenolic OH excluding ortho intramolecular Hbond substituents is 1. The Bertz CT molecular complexity index is 4210. The number of aliphatic carboxylic acids is 4. The van der Waals surface area contributed by atoms with E-state index in [9.17, 15) is 162 Å². The highest BCUT2D eigenvalue weighted by Gasteiger charge is 2.41. The van der Waals surface area contributed by atoms with E-state index < -0.39 is 348 Å². The van der Waals surface area contributed by atoms with Crippen molar-refractivity contribution in [3.63, 3.8) is 0 Å². The SMILES string of the molecule is CSCC[C@H](NC(=O)[C@H](Cc1ccc(O)cc1)NC(=O)[C@H](C)NC(=O)[C@@H](NC(=O)[C@H](CO)NC(=O)[C@H](CO)NC(=O)[C@H](CO)NC(=O)[C@H](CCCCN)NC(=O)[C@@H](N)CC(=O)O)[C@@H](C)O)C(=O)N[C@@H](CCC(N)=O)C(=O)N[C@@H](CC(C)C)C(=O)N[C@@H](CO)C(=O)N[C@@H](CO)C(=O)N[C@@H](CC(C)C)C(=O)N[C@H](C(=O)N[C@@H](CO)C(=O)N[C@@H](CCC(=O)O)C(=O)N[C@@H](CC(=O)O)C(=O)O)[C@@H](C)O. The minimum Gasteiger partial charge on any atom is -0.508 e. The number of carbonyl (C=O) groups is 22. The summed E-state index contributed by atoms with van der Waals surface area (Å²) in [7, 11) is 0. The molecule has 0 saturated heterocycles. The first-order valence-electron chi connectivity index (χ1n) is 42.3. The third kappa shape index (κ3) is 44.8. The standard InChI is InChI=1S/C79H128N20O35S/c1-34(2)23-46(68(122)93-52(30-102)74(128)94-50(28-100)72(126)90-47(24-35(3)4)70(124)98-61(38(7)107)78(132)97-54(32-104)71(125)86-44(17-19-57(110)111)66(120)91-49(79(133)134)27-59(114)115)89-65(119)43(16-18-56(82)109)85-67(121)45(20-22-135-8)87-69(123)48(25-39-12-14-40(108)15-13-39)88-62(116)36(5)83-77(131)60(37(6)106)99-76(130)55(33-105)96-75(129)53(31-103)95-73(127)51(29-101)92-64(118)42(11-9-10-21-80)84-63(117)41(81)26-58(112)113/h12-15,34-38,41-55,60-61,100-108H,9-11,16-33,80-81H2,1-8H3,(H2,82,109)(H,83,131)(H,84,117)(H,85,121)(H,86,125)(H,87,123)(H,88,116)(H,89,119)(H,90,126)(H,91,120)(H,92,118)(H,93,122)(H,94,128)(H,95,127)(H,96,129)(H,97,132)(H,98,124)(H,99,130)(H,110,111)(H,112,113)(H,114,115)(H,133,134)/t36-,37+,38+,41-,42-,43-,44-,45-,46-,47-,48-,49-,50-,51-,52-,53-,54-,55-,60-,61-/m0/s1. The molecule has 0 aromatic heterocycles. The van der Waals surface area contributed by atoms with Crippen molar-refractivity contribution in [2.75, 3.05) is 58.2 Å². The summed E-state index contributed by atoms with van der Waals surface area (Å²) in [6, 6.07) is -28.3. The van der Waals surface area contributed by atoms with Gasteiger partial charge in [0, 0.05) is 19.3 Å². The summed E-state index contributed by atoms with van der Waals surface area (Å²) in [6.07, 6.45) is -7.61. The summed E-state index contributed by atoms with van der Waals surface area (Å²) in [4.78, 5) is 292. The van der Waals surface area contributed by atoms with Crippen LogP contribution in [0, 0.1) is 11.8 Å². The van der Waals surface area contributed by atoms with Crippen molar-refractivity contribution >= 4 is 142 Å². The molecule has 0 spiro atoms. The van der Waals surface area contributed by atoms with E-state index in [1.165, 1.54) is 36.0 Å². The van der Waals surface area contributed by atoms with Gasteiger partial charge in [0.05, 0.1) is 70.7 Å². The molecule has 36 N–H and O–H groups in total. The molecule has 18 amide bonds. The van der Waals surface area contributed by atoms with E-state index in [2.05, 4.69) is 63.8 Å². The predicted molar refractivity (Wildman–Crippen MR) is 466 cm³/mol. The smallest absolute Gasteiger partial charge is 0.326 e. The molecule has 0 aliphatic rings. The van der Waals surface area contributed by atoms with Crippen molar-refractivity contribution < 1.29 is 172 Å². The highest BCUT2D eigenvalue weighted by atomic mass is 32.2. The van der Waals surface area contributed by atoms with Gasteiger partial charge in [0.1, 0.15) is 108 Å². The number of primary amides is 1. The Morgan fingerprint density at radius 2 is 0.630 bits per heavy atom. The van der Waals surface area contributed by atoms with Gasteiger partial charge in [-0.3, -0.25) is 101 Å². The van der Waals surface area contributed by atoms with Crippen molar-refractivity contribution in [1.29, 1.82) is 0 Å². The molecule has 135 heavy (non-hydrogen) atoms. The lowest BCUT2D eigenvalue weighted by Gasteiger charge is -2.29. The van der Waals surface area contributed by atoms with Crippen molar-refractivity contribution in [3.8, 4) is 5.75 Å². The fourth-order valence-electron chi connectivity index (χ4n) is 12.2. The number of aliphatic hydroxyl groups is 8. The summed E-state index contributed by atoms with van der Waals surface area (Å²) in [5.41, 5.74) is 16.9. The normalized spacial score (nSPS) is 15.6. The number of nitrogens with two attached hydrogens (primary N) is 3. The number of carboxylic acid groups (broad SMARTS) is 4. The van der Waals surface area contributed by atoms with E-state index in [-0.39, 0.29) is 55.7 Å². The molecular weight excluding hydrogens is 1820 g/mol. The van der Waals surface area contributed by atoms with Gasteiger partial charge in [0.15, 0.2) is 0 Å². The van der Waals surface area contributed by atoms with E-state index in [0.29, 0.717) is 6.42 Å². The molecular formula is C79H128N20O35S. The molecule has 0 radical (unpaired) electrons.